The average molecular weight is 354 g/mol. The highest BCUT2D eigenvalue weighted by Crippen LogP contribution is 2.15. The van der Waals surface area contributed by atoms with Gasteiger partial charge in [-0.25, -0.2) is 4.68 Å². The fraction of sp³-hybridized carbons (Fsp3) is 0.316. The second kappa shape index (κ2) is 8.44. The maximum absolute atomic E-state index is 12.2. The first-order chi connectivity index (χ1) is 12.7. The number of aromatic nitrogens is 3. The van der Waals surface area contributed by atoms with Gasteiger partial charge in [-0.15, -0.1) is 0 Å². The van der Waals surface area contributed by atoms with Gasteiger partial charge in [-0.2, -0.15) is 5.10 Å². The maximum atomic E-state index is 12.2. The summed E-state index contributed by atoms with van der Waals surface area (Å²) >= 11 is 0. The average Bonchev–Trinajstić information content (AvgIpc) is 3.07. The van der Waals surface area contributed by atoms with Crippen molar-refractivity contribution in [2.75, 3.05) is 20.3 Å². The van der Waals surface area contributed by atoms with Crippen molar-refractivity contribution in [1.82, 2.24) is 19.7 Å². The first kappa shape index (κ1) is 17.9. The number of hydrogen-bond acceptors (Lipinski definition) is 4. The van der Waals surface area contributed by atoms with Gasteiger partial charge in [-0.05, 0) is 30.0 Å². The van der Waals surface area contributed by atoms with E-state index in [0.717, 1.165) is 13.0 Å². The Morgan fingerprint density at radius 3 is 2.85 bits per heavy atom. The first-order valence-corrected chi connectivity index (χ1v) is 8.58. The zero-order chi connectivity index (χ0) is 18.4. The van der Waals surface area contributed by atoms with Crippen molar-refractivity contribution >= 4 is 16.8 Å². The summed E-state index contributed by atoms with van der Waals surface area (Å²) in [6, 6.07) is 13.1. The van der Waals surface area contributed by atoms with Crippen LogP contribution in [0.25, 0.3) is 10.9 Å². The van der Waals surface area contributed by atoms with Crippen LogP contribution in [0.1, 0.15) is 16.9 Å². The second-order valence-corrected chi connectivity index (χ2v) is 5.95. The summed E-state index contributed by atoms with van der Waals surface area (Å²) in [7, 11) is 1.55. The van der Waals surface area contributed by atoms with Crippen molar-refractivity contribution in [3.8, 4) is 0 Å². The molecule has 7 heteroatoms. The Morgan fingerprint density at radius 2 is 2.00 bits per heavy atom. The molecule has 136 valence electrons. The van der Waals surface area contributed by atoms with Crippen molar-refractivity contribution in [3.63, 3.8) is 0 Å². The molecule has 0 saturated heterocycles. The van der Waals surface area contributed by atoms with Crippen molar-refractivity contribution in [2.45, 2.75) is 19.5 Å². The van der Waals surface area contributed by atoms with Gasteiger partial charge in [0.05, 0.1) is 13.2 Å². The predicted octanol–water partition coefficient (Wildman–Crippen LogP) is 1.66. The molecule has 0 bridgehead atoms. The largest absolute Gasteiger partial charge is 0.383 e. The molecule has 0 radical (unpaired) electrons. The second-order valence-electron chi connectivity index (χ2n) is 5.95. The summed E-state index contributed by atoms with van der Waals surface area (Å²) in [5.74, 6) is -0.284. The number of rotatable bonds is 8. The molecule has 0 fully saturated rings. The van der Waals surface area contributed by atoms with Crippen LogP contribution in [0.2, 0.25) is 0 Å². The number of carbonyl (C=O) groups excluding carboxylic acids is 1. The summed E-state index contributed by atoms with van der Waals surface area (Å²) < 4.78 is 8.36. The molecule has 1 amide bonds. The van der Waals surface area contributed by atoms with Gasteiger partial charge in [0.25, 0.3) is 11.5 Å². The van der Waals surface area contributed by atoms with E-state index in [9.17, 15) is 9.59 Å². The predicted molar refractivity (Wildman–Crippen MR) is 99.3 cm³/mol. The normalized spacial score (nSPS) is 11.0. The Morgan fingerprint density at radius 1 is 1.15 bits per heavy atom. The van der Waals surface area contributed by atoms with E-state index in [1.807, 2.05) is 12.1 Å². The Kier molecular flexibility index (Phi) is 5.80. The van der Waals surface area contributed by atoms with Crippen LogP contribution in [0.15, 0.2) is 53.5 Å². The van der Waals surface area contributed by atoms with E-state index < -0.39 is 0 Å². The fourth-order valence-corrected chi connectivity index (χ4v) is 2.79. The molecule has 0 saturated carbocycles. The highest BCUT2D eigenvalue weighted by atomic mass is 16.5. The number of nitrogens with zero attached hydrogens (tertiary/aromatic N) is 3. The number of hydrogen-bond donors (Lipinski definition) is 1. The minimum atomic E-state index is -0.284. The van der Waals surface area contributed by atoms with Gasteiger partial charge in [-0.1, -0.05) is 18.2 Å². The molecule has 1 aromatic carbocycles. The third-order valence-corrected chi connectivity index (χ3v) is 4.15. The van der Waals surface area contributed by atoms with Crippen LogP contribution >= 0.6 is 0 Å². The Hall–Kier alpha value is -2.93. The van der Waals surface area contributed by atoms with Gasteiger partial charge in [0, 0.05) is 38.0 Å². The molecule has 2 heterocycles. The SMILES string of the molecule is COCCn1nc(C(=O)NCCCn2ccc3ccccc32)ccc1=O. The van der Waals surface area contributed by atoms with Crippen LogP contribution in [0, 0.1) is 0 Å². The molecule has 0 spiro atoms. The fourth-order valence-electron chi connectivity index (χ4n) is 2.79. The number of amides is 1. The third kappa shape index (κ3) is 4.18. The van der Waals surface area contributed by atoms with Gasteiger partial charge in [0.2, 0.25) is 0 Å². The molecule has 1 N–H and O–H groups in total. The maximum Gasteiger partial charge on any atom is 0.271 e. The summed E-state index contributed by atoms with van der Waals surface area (Å²) in [4.78, 5) is 23.9. The standard InChI is InChI=1S/C19H22N4O3/c1-26-14-13-23-18(24)8-7-16(21-23)19(25)20-10-4-11-22-12-9-15-5-2-3-6-17(15)22/h2-3,5-9,12H,4,10-11,13-14H2,1H3,(H,20,25). The number of benzene rings is 1. The van der Waals surface area contributed by atoms with E-state index in [1.165, 1.54) is 27.7 Å². The van der Waals surface area contributed by atoms with Gasteiger partial charge in [0.1, 0.15) is 5.69 Å². The number of methoxy groups -OCH3 is 1. The molecule has 7 nitrogen and oxygen atoms in total. The highest BCUT2D eigenvalue weighted by Gasteiger charge is 2.09. The number of nitrogens with one attached hydrogen (secondary N) is 1. The van der Waals surface area contributed by atoms with E-state index in [4.69, 9.17) is 4.74 Å². The van der Waals surface area contributed by atoms with Gasteiger partial charge in [-0.3, -0.25) is 9.59 Å². The zero-order valence-electron chi connectivity index (χ0n) is 14.7. The molecule has 0 aliphatic heterocycles. The van der Waals surface area contributed by atoms with E-state index in [-0.39, 0.29) is 17.2 Å². The summed E-state index contributed by atoms with van der Waals surface area (Å²) in [6.45, 7) is 2.03. The van der Waals surface area contributed by atoms with E-state index in [0.29, 0.717) is 19.7 Å². The third-order valence-electron chi connectivity index (χ3n) is 4.15. The lowest BCUT2D eigenvalue weighted by Crippen LogP contribution is -2.31. The first-order valence-electron chi connectivity index (χ1n) is 8.58. The minimum absolute atomic E-state index is 0.229. The molecule has 0 unspecified atom stereocenters. The lowest BCUT2D eigenvalue weighted by molar-refractivity contribution is 0.0944. The number of aryl methyl sites for hydroxylation is 1. The van der Waals surface area contributed by atoms with Crippen LogP contribution in [0.3, 0.4) is 0 Å². The highest BCUT2D eigenvalue weighted by molar-refractivity contribution is 5.91. The summed E-state index contributed by atoms with van der Waals surface area (Å²) in [6.07, 6.45) is 2.85. The van der Waals surface area contributed by atoms with Crippen LogP contribution in [-0.4, -0.2) is 40.5 Å². The smallest absolute Gasteiger partial charge is 0.271 e. The molecule has 3 aromatic rings. The topological polar surface area (TPSA) is 78.2 Å². The molecule has 0 atom stereocenters. The number of ether oxygens (including phenoxy) is 1. The van der Waals surface area contributed by atoms with Crippen molar-refractivity contribution in [3.05, 3.63) is 64.7 Å². The van der Waals surface area contributed by atoms with Gasteiger partial charge in [0.15, 0.2) is 0 Å². The molecule has 26 heavy (non-hydrogen) atoms. The minimum Gasteiger partial charge on any atom is -0.383 e. The molecule has 2 aromatic heterocycles. The molecular weight excluding hydrogens is 332 g/mol. The van der Waals surface area contributed by atoms with Crippen LogP contribution in [0.5, 0.6) is 0 Å². The zero-order valence-corrected chi connectivity index (χ0v) is 14.7. The number of carbonyl (C=O) groups is 1. The molecule has 0 aliphatic carbocycles. The Bertz CT molecular complexity index is 945. The Labute approximate surface area is 151 Å². The summed E-state index contributed by atoms with van der Waals surface area (Å²) in [5.41, 5.74) is 1.16. The van der Waals surface area contributed by atoms with E-state index in [1.54, 1.807) is 7.11 Å². The van der Waals surface area contributed by atoms with Crippen LogP contribution in [-0.2, 0) is 17.8 Å². The monoisotopic (exact) mass is 354 g/mol. The number of para-hydroxylation sites is 1. The Balaban J connectivity index is 1.53. The van der Waals surface area contributed by atoms with Crippen molar-refractivity contribution < 1.29 is 9.53 Å². The quantitative estimate of drug-likeness (QED) is 0.624. The van der Waals surface area contributed by atoms with Gasteiger partial charge < -0.3 is 14.6 Å². The van der Waals surface area contributed by atoms with Crippen molar-refractivity contribution in [2.24, 2.45) is 0 Å². The van der Waals surface area contributed by atoms with E-state index >= 15 is 0 Å². The van der Waals surface area contributed by atoms with Gasteiger partial charge >= 0.3 is 0 Å². The lowest BCUT2D eigenvalue weighted by atomic mass is 10.2. The van der Waals surface area contributed by atoms with E-state index in [2.05, 4.69) is 39.4 Å². The molecular formula is C19H22N4O3. The van der Waals surface area contributed by atoms with Crippen LogP contribution < -0.4 is 10.9 Å². The molecule has 3 rings (SSSR count). The number of fused-ring (bicyclic) bond motifs is 1. The summed E-state index contributed by atoms with van der Waals surface area (Å²) in [5, 5.41) is 8.14. The molecule has 0 aliphatic rings. The van der Waals surface area contributed by atoms with Crippen molar-refractivity contribution in [1.29, 1.82) is 0 Å². The van der Waals surface area contributed by atoms with Crippen LogP contribution in [0.4, 0.5) is 0 Å². The lowest BCUT2D eigenvalue weighted by Gasteiger charge is -2.08.